The standard InChI is InChI=1S/C4H4ClNS/c5-3-1-2-4(7)6-3/h2,7H,1H2. The molecule has 0 saturated heterocycles. The van der Waals surface area contributed by atoms with E-state index in [1.807, 2.05) is 6.08 Å². The Labute approximate surface area is 52.5 Å². The summed E-state index contributed by atoms with van der Waals surface area (Å²) in [6.07, 6.45) is 2.62. The van der Waals surface area contributed by atoms with Gasteiger partial charge in [0.2, 0.25) is 0 Å². The maximum absolute atomic E-state index is 5.46. The lowest BCUT2D eigenvalue weighted by molar-refractivity contribution is 1.58. The van der Waals surface area contributed by atoms with Crippen molar-refractivity contribution in [1.82, 2.24) is 0 Å². The van der Waals surface area contributed by atoms with Crippen molar-refractivity contribution in [2.45, 2.75) is 6.42 Å². The first kappa shape index (κ1) is 5.19. The van der Waals surface area contributed by atoms with Crippen LogP contribution >= 0.6 is 24.2 Å². The van der Waals surface area contributed by atoms with Gasteiger partial charge in [0.05, 0.1) is 5.03 Å². The molecule has 0 aromatic carbocycles. The van der Waals surface area contributed by atoms with E-state index in [0.29, 0.717) is 5.17 Å². The number of hydrogen-bond acceptors (Lipinski definition) is 2. The van der Waals surface area contributed by atoms with Crippen LogP contribution in [0.2, 0.25) is 0 Å². The maximum Gasteiger partial charge on any atom is 0.111 e. The lowest BCUT2D eigenvalue weighted by Gasteiger charge is -1.75. The number of rotatable bonds is 0. The summed E-state index contributed by atoms with van der Waals surface area (Å²) in [5.74, 6) is 0. The van der Waals surface area contributed by atoms with Crippen LogP contribution in [0.4, 0.5) is 0 Å². The summed E-state index contributed by atoms with van der Waals surface area (Å²) in [7, 11) is 0. The van der Waals surface area contributed by atoms with Crippen molar-refractivity contribution in [2.24, 2.45) is 4.99 Å². The molecule has 0 aliphatic carbocycles. The van der Waals surface area contributed by atoms with Gasteiger partial charge >= 0.3 is 0 Å². The van der Waals surface area contributed by atoms with E-state index < -0.39 is 0 Å². The molecule has 0 bridgehead atoms. The molecule has 0 fully saturated rings. The predicted octanol–water partition coefficient (Wildman–Crippen LogP) is 1.80. The fourth-order valence-corrected chi connectivity index (χ4v) is 0.830. The molecule has 1 aliphatic rings. The van der Waals surface area contributed by atoms with E-state index in [4.69, 9.17) is 11.6 Å². The number of allylic oxidation sites excluding steroid dienone is 1. The summed E-state index contributed by atoms with van der Waals surface area (Å²) in [5.41, 5.74) is 0. The van der Waals surface area contributed by atoms with Crippen LogP contribution in [0, 0.1) is 0 Å². The zero-order chi connectivity index (χ0) is 5.28. The molecule has 0 saturated carbocycles. The summed E-state index contributed by atoms with van der Waals surface area (Å²) in [6.45, 7) is 0. The normalized spacial score (nSPS) is 19.1. The first-order valence-electron chi connectivity index (χ1n) is 1.91. The summed E-state index contributed by atoms with van der Waals surface area (Å²) in [5, 5.41) is 1.36. The van der Waals surface area contributed by atoms with Crippen molar-refractivity contribution in [3.8, 4) is 0 Å². The van der Waals surface area contributed by atoms with E-state index >= 15 is 0 Å². The van der Waals surface area contributed by atoms with Gasteiger partial charge < -0.3 is 0 Å². The fraction of sp³-hybridized carbons (Fsp3) is 0.250. The molecule has 1 heterocycles. The SMILES string of the molecule is SC1=CCC(Cl)=N1. The van der Waals surface area contributed by atoms with E-state index in [2.05, 4.69) is 17.6 Å². The molecule has 0 unspecified atom stereocenters. The molecule has 0 amide bonds. The van der Waals surface area contributed by atoms with Crippen LogP contribution in [0.5, 0.6) is 0 Å². The van der Waals surface area contributed by atoms with E-state index in [-0.39, 0.29) is 0 Å². The third kappa shape index (κ3) is 1.21. The summed E-state index contributed by atoms with van der Waals surface area (Å²) >= 11 is 9.40. The molecule has 1 nitrogen and oxygen atoms in total. The van der Waals surface area contributed by atoms with Gasteiger partial charge in [0, 0.05) is 6.42 Å². The average Bonchev–Trinajstić information content (AvgIpc) is 1.87. The molecule has 0 aromatic heterocycles. The largest absolute Gasteiger partial charge is 0.235 e. The van der Waals surface area contributed by atoms with Crippen LogP contribution in [0.1, 0.15) is 6.42 Å². The molecule has 0 aromatic rings. The van der Waals surface area contributed by atoms with Crippen molar-refractivity contribution < 1.29 is 0 Å². The summed E-state index contributed by atoms with van der Waals surface area (Å²) < 4.78 is 0. The third-order valence-electron chi connectivity index (χ3n) is 0.689. The summed E-state index contributed by atoms with van der Waals surface area (Å²) in [6, 6.07) is 0. The van der Waals surface area contributed by atoms with Crippen molar-refractivity contribution >= 4 is 29.4 Å². The second-order valence-corrected chi connectivity index (χ2v) is 2.15. The highest BCUT2D eigenvalue weighted by molar-refractivity contribution is 7.84. The molecule has 38 valence electrons. The van der Waals surface area contributed by atoms with Crippen molar-refractivity contribution in [3.63, 3.8) is 0 Å². The number of aliphatic imine (C=N–C) groups is 1. The van der Waals surface area contributed by atoms with Crippen LogP contribution in [0.15, 0.2) is 16.1 Å². The van der Waals surface area contributed by atoms with Gasteiger partial charge in [-0.2, -0.15) is 0 Å². The van der Waals surface area contributed by atoms with E-state index in [9.17, 15) is 0 Å². The number of halogens is 1. The number of nitrogens with zero attached hydrogens (tertiary/aromatic N) is 1. The first-order valence-corrected chi connectivity index (χ1v) is 2.74. The molecular weight excluding hydrogens is 130 g/mol. The monoisotopic (exact) mass is 133 g/mol. The Morgan fingerprint density at radius 2 is 2.57 bits per heavy atom. The Kier molecular flexibility index (Phi) is 1.40. The molecule has 1 rings (SSSR count). The molecule has 0 spiro atoms. The second kappa shape index (κ2) is 1.88. The average molecular weight is 134 g/mol. The zero-order valence-corrected chi connectivity index (χ0v) is 5.21. The maximum atomic E-state index is 5.46. The van der Waals surface area contributed by atoms with E-state index in [1.165, 1.54) is 0 Å². The van der Waals surface area contributed by atoms with Gasteiger partial charge in [-0.05, 0) is 6.08 Å². The van der Waals surface area contributed by atoms with E-state index in [1.54, 1.807) is 0 Å². The van der Waals surface area contributed by atoms with Gasteiger partial charge in [-0.3, -0.25) is 0 Å². The minimum absolute atomic E-state index is 0.630. The second-order valence-electron chi connectivity index (χ2n) is 1.25. The van der Waals surface area contributed by atoms with Crippen LogP contribution in [0.3, 0.4) is 0 Å². The highest BCUT2D eigenvalue weighted by Crippen LogP contribution is 2.14. The Balaban J connectivity index is 2.69. The smallest absolute Gasteiger partial charge is 0.111 e. The van der Waals surface area contributed by atoms with Gasteiger partial charge in [0.15, 0.2) is 0 Å². The van der Waals surface area contributed by atoms with Crippen LogP contribution in [-0.2, 0) is 0 Å². The molecule has 0 radical (unpaired) electrons. The fourth-order valence-electron chi connectivity index (χ4n) is 0.391. The minimum atomic E-state index is 0.630. The zero-order valence-electron chi connectivity index (χ0n) is 3.56. The van der Waals surface area contributed by atoms with Crippen molar-refractivity contribution in [1.29, 1.82) is 0 Å². The third-order valence-corrected chi connectivity index (χ3v) is 1.21. The number of thiol groups is 1. The van der Waals surface area contributed by atoms with Gasteiger partial charge in [0.25, 0.3) is 0 Å². The van der Waals surface area contributed by atoms with Gasteiger partial charge in [-0.15, -0.1) is 12.6 Å². The van der Waals surface area contributed by atoms with Crippen molar-refractivity contribution in [3.05, 3.63) is 11.1 Å². The minimum Gasteiger partial charge on any atom is -0.235 e. The van der Waals surface area contributed by atoms with E-state index in [0.717, 1.165) is 11.4 Å². The lowest BCUT2D eigenvalue weighted by atomic mass is 10.5. The predicted molar refractivity (Wildman–Crippen MR) is 35.0 cm³/mol. The quantitative estimate of drug-likeness (QED) is 0.484. The molecule has 0 atom stereocenters. The Bertz CT molecular complexity index is 139. The number of hydrogen-bond donors (Lipinski definition) is 1. The molecule has 0 N–H and O–H groups in total. The summed E-state index contributed by atoms with van der Waals surface area (Å²) in [4.78, 5) is 3.80. The molecular formula is C4H4ClNS. The highest BCUT2D eigenvalue weighted by atomic mass is 35.5. The highest BCUT2D eigenvalue weighted by Gasteiger charge is 1.99. The Morgan fingerprint density at radius 1 is 1.86 bits per heavy atom. The topological polar surface area (TPSA) is 12.4 Å². The van der Waals surface area contributed by atoms with Gasteiger partial charge in [-0.25, -0.2) is 4.99 Å². The van der Waals surface area contributed by atoms with Crippen LogP contribution in [-0.4, -0.2) is 5.17 Å². The van der Waals surface area contributed by atoms with Gasteiger partial charge in [0.1, 0.15) is 5.17 Å². The molecule has 3 heteroatoms. The van der Waals surface area contributed by atoms with Crippen LogP contribution in [0.25, 0.3) is 0 Å². The lowest BCUT2D eigenvalue weighted by Crippen LogP contribution is -1.72. The first-order chi connectivity index (χ1) is 3.29. The molecule has 7 heavy (non-hydrogen) atoms. The molecule has 1 aliphatic heterocycles. The van der Waals surface area contributed by atoms with Crippen molar-refractivity contribution in [2.75, 3.05) is 0 Å². The van der Waals surface area contributed by atoms with Crippen LogP contribution < -0.4 is 0 Å². The Morgan fingerprint density at radius 3 is 2.71 bits per heavy atom. The Hall–Kier alpha value is 0.0500. The van der Waals surface area contributed by atoms with Gasteiger partial charge in [-0.1, -0.05) is 11.6 Å².